The molecule has 1 aromatic carbocycles. The van der Waals surface area contributed by atoms with E-state index < -0.39 is 15.9 Å². The highest BCUT2D eigenvalue weighted by atomic mass is 32.2. The van der Waals surface area contributed by atoms with E-state index in [2.05, 4.69) is 26.0 Å². The second-order valence-electron chi connectivity index (χ2n) is 6.44. The first kappa shape index (κ1) is 20.4. The summed E-state index contributed by atoms with van der Waals surface area (Å²) in [4.78, 5) is 20.6. The molecule has 0 fully saturated rings. The number of aryl methyl sites for hydroxylation is 1. The second-order valence-corrected chi connectivity index (χ2v) is 8.56. The van der Waals surface area contributed by atoms with Crippen LogP contribution in [0.1, 0.15) is 21.5 Å². The molecule has 0 atom stereocenters. The third kappa shape index (κ3) is 4.25. The van der Waals surface area contributed by atoms with Crippen molar-refractivity contribution in [1.29, 1.82) is 0 Å². The van der Waals surface area contributed by atoms with Gasteiger partial charge in [-0.1, -0.05) is 5.16 Å². The largest absolute Gasteiger partial charge is 0.340 e. The minimum absolute atomic E-state index is 0.0184. The molecule has 0 aliphatic heterocycles. The number of rotatable bonds is 6. The van der Waals surface area contributed by atoms with Crippen LogP contribution >= 0.6 is 0 Å². The number of pyridine rings is 1. The van der Waals surface area contributed by atoms with Crippen LogP contribution < -0.4 is 10.9 Å². The number of carbonyl (C=O) groups is 1. The van der Waals surface area contributed by atoms with Gasteiger partial charge in [0.05, 0.1) is 4.90 Å². The minimum Gasteiger partial charge on any atom is -0.313 e. The van der Waals surface area contributed by atoms with Crippen LogP contribution in [0.15, 0.2) is 46.1 Å². The smallest absolute Gasteiger partial charge is 0.313 e. The maximum absolute atomic E-state index is 12.5. The van der Waals surface area contributed by atoms with Gasteiger partial charge < -0.3 is 4.52 Å². The minimum atomic E-state index is -3.69. The summed E-state index contributed by atoms with van der Waals surface area (Å²) in [6.45, 7) is 3.44. The molecule has 0 aliphatic carbocycles. The fourth-order valence-electron chi connectivity index (χ4n) is 2.50. The fraction of sp³-hybridized carbons (Fsp3) is 0.222. The van der Waals surface area contributed by atoms with Crippen molar-refractivity contribution in [1.82, 2.24) is 24.9 Å². The highest BCUT2D eigenvalue weighted by molar-refractivity contribution is 7.89. The Morgan fingerprint density at radius 1 is 1.14 bits per heavy atom. The van der Waals surface area contributed by atoms with Crippen LogP contribution in [0.5, 0.6) is 0 Å². The van der Waals surface area contributed by atoms with Gasteiger partial charge in [-0.3, -0.25) is 15.2 Å². The van der Waals surface area contributed by atoms with Gasteiger partial charge in [-0.15, -0.1) is 0 Å². The Labute approximate surface area is 168 Å². The number of nitrogens with zero attached hydrogens (tertiary/aromatic N) is 4. The Balaban J connectivity index is 1.78. The van der Waals surface area contributed by atoms with Gasteiger partial charge in [0.25, 0.3) is 5.91 Å². The number of hydrogen-bond donors (Lipinski definition) is 2. The number of carbonyl (C=O) groups excluding carboxylic acids is 1. The molecule has 2 N–H and O–H groups in total. The van der Waals surface area contributed by atoms with Crippen molar-refractivity contribution in [3.63, 3.8) is 0 Å². The molecule has 0 saturated carbocycles. The van der Waals surface area contributed by atoms with E-state index in [9.17, 15) is 13.2 Å². The van der Waals surface area contributed by atoms with E-state index in [1.807, 2.05) is 0 Å². The quantitative estimate of drug-likeness (QED) is 0.581. The average molecular weight is 416 g/mol. The molecule has 0 radical (unpaired) electrons. The third-order valence-corrected chi connectivity index (χ3v) is 6.23. The second kappa shape index (κ2) is 7.97. The zero-order valence-corrected chi connectivity index (χ0v) is 17.1. The van der Waals surface area contributed by atoms with Crippen LogP contribution in [0, 0.1) is 13.8 Å². The molecule has 0 bridgehead atoms. The maximum atomic E-state index is 12.5. The molecule has 11 heteroatoms. The lowest BCUT2D eigenvalue weighted by Gasteiger charge is -2.16. The summed E-state index contributed by atoms with van der Waals surface area (Å²) in [5.74, 6) is -0.221. The van der Waals surface area contributed by atoms with Crippen LogP contribution in [0.3, 0.4) is 0 Å². The highest BCUT2D eigenvalue weighted by Crippen LogP contribution is 2.23. The summed E-state index contributed by atoms with van der Waals surface area (Å²) in [7, 11) is -0.816. The van der Waals surface area contributed by atoms with E-state index in [-0.39, 0.29) is 16.5 Å². The number of nitrogens with one attached hydrogen (secondary N) is 2. The first-order chi connectivity index (χ1) is 13.7. The van der Waals surface area contributed by atoms with Gasteiger partial charge in [-0.05, 0) is 49.2 Å². The van der Waals surface area contributed by atoms with Gasteiger partial charge in [0.2, 0.25) is 15.8 Å². The summed E-state index contributed by atoms with van der Waals surface area (Å²) in [6.07, 6.45) is 3.19. The number of aromatic nitrogens is 3. The van der Waals surface area contributed by atoms with Gasteiger partial charge in [0, 0.05) is 37.6 Å². The van der Waals surface area contributed by atoms with Gasteiger partial charge in [-0.2, -0.15) is 4.98 Å². The molecule has 0 saturated heterocycles. The Morgan fingerprint density at radius 2 is 1.83 bits per heavy atom. The van der Waals surface area contributed by atoms with Crippen LogP contribution in [0.2, 0.25) is 0 Å². The van der Waals surface area contributed by atoms with E-state index in [0.29, 0.717) is 22.5 Å². The number of benzene rings is 1. The Hall–Kier alpha value is -3.31. The molecule has 0 unspecified atom stereocenters. The van der Waals surface area contributed by atoms with Gasteiger partial charge >= 0.3 is 6.01 Å². The van der Waals surface area contributed by atoms with Crippen molar-refractivity contribution in [3.05, 3.63) is 53.3 Å². The van der Waals surface area contributed by atoms with Crippen molar-refractivity contribution in [2.45, 2.75) is 18.7 Å². The molecule has 2 heterocycles. The van der Waals surface area contributed by atoms with Crippen LogP contribution in [0.4, 0.5) is 6.01 Å². The lowest BCUT2D eigenvalue weighted by atomic mass is 10.1. The summed E-state index contributed by atoms with van der Waals surface area (Å²) in [5.41, 5.74) is 7.10. The van der Waals surface area contributed by atoms with E-state index >= 15 is 0 Å². The summed E-state index contributed by atoms with van der Waals surface area (Å²) in [5, 5.41) is 3.82. The number of hydrogen-bond acceptors (Lipinski definition) is 8. The van der Waals surface area contributed by atoms with Crippen molar-refractivity contribution in [2.75, 3.05) is 19.5 Å². The molecule has 3 rings (SSSR count). The van der Waals surface area contributed by atoms with E-state index in [1.54, 1.807) is 44.4 Å². The Morgan fingerprint density at radius 3 is 2.48 bits per heavy atom. The molecule has 1 amide bonds. The lowest BCUT2D eigenvalue weighted by molar-refractivity contribution is 0.0960. The summed E-state index contributed by atoms with van der Waals surface area (Å²) < 4.78 is 31.2. The van der Waals surface area contributed by atoms with Crippen molar-refractivity contribution in [3.8, 4) is 11.4 Å². The lowest BCUT2D eigenvalue weighted by Crippen LogP contribution is -2.30. The first-order valence-corrected chi connectivity index (χ1v) is 9.98. The number of amides is 1. The fourth-order valence-corrected chi connectivity index (χ4v) is 3.71. The normalized spacial score (nSPS) is 11.5. The summed E-state index contributed by atoms with van der Waals surface area (Å²) in [6, 6.07) is 6.36. The summed E-state index contributed by atoms with van der Waals surface area (Å²) >= 11 is 0. The van der Waals surface area contributed by atoms with Gasteiger partial charge in [0.1, 0.15) is 0 Å². The number of hydrazine groups is 1. The molecular weight excluding hydrogens is 396 g/mol. The van der Waals surface area contributed by atoms with Crippen LogP contribution in [0.25, 0.3) is 11.4 Å². The van der Waals surface area contributed by atoms with Crippen molar-refractivity contribution in [2.24, 2.45) is 0 Å². The van der Waals surface area contributed by atoms with Crippen LogP contribution in [-0.4, -0.2) is 47.9 Å². The molecule has 0 spiro atoms. The predicted molar refractivity (Wildman–Crippen MR) is 105 cm³/mol. The number of sulfonamides is 1. The molecule has 0 aliphatic rings. The molecular formula is C18H20N6O4S. The molecule has 29 heavy (non-hydrogen) atoms. The van der Waals surface area contributed by atoms with Crippen molar-refractivity contribution >= 4 is 21.9 Å². The SMILES string of the molecule is Cc1cc(C(=O)NNc2nc(-c3ccncc3)no2)cc(S(=O)(=O)N(C)C)c1C. The Bertz CT molecular complexity index is 1140. The maximum Gasteiger partial charge on any atom is 0.340 e. The molecule has 152 valence electrons. The predicted octanol–water partition coefficient (Wildman–Crippen LogP) is 1.76. The highest BCUT2D eigenvalue weighted by Gasteiger charge is 2.23. The van der Waals surface area contributed by atoms with Crippen LogP contribution in [-0.2, 0) is 10.0 Å². The zero-order chi connectivity index (χ0) is 21.2. The molecule has 10 nitrogen and oxygen atoms in total. The standard InChI is InChI=1S/C18H20N6O4S/c1-11-9-14(10-15(12(11)2)29(26,27)24(3)4)17(25)21-22-18-20-16(23-28-18)13-5-7-19-8-6-13/h5-10H,1-4H3,(H,21,25)(H,20,22,23). The first-order valence-electron chi connectivity index (χ1n) is 8.54. The average Bonchev–Trinajstić information content (AvgIpc) is 3.17. The molecule has 2 aromatic heterocycles. The van der Waals surface area contributed by atoms with Gasteiger partial charge in [0.15, 0.2) is 0 Å². The van der Waals surface area contributed by atoms with Gasteiger partial charge in [-0.25, -0.2) is 18.1 Å². The van der Waals surface area contributed by atoms with E-state index in [1.165, 1.54) is 20.2 Å². The molecule has 3 aromatic rings. The van der Waals surface area contributed by atoms with Crippen molar-refractivity contribution < 1.29 is 17.7 Å². The number of anilines is 1. The topological polar surface area (TPSA) is 130 Å². The third-order valence-electron chi connectivity index (χ3n) is 4.29. The Kier molecular flexibility index (Phi) is 5.62. The zero-order valence-electron chi connectivity index (χ0n) is 16.3. The monoisotopic (exact) mass is 416 g/mol. The van der Waals surface area contributed by atoms with E-state index in [0.717, 1.165) is 4.31 Å². The van der Waals surface area contributed by atoms with E-state index in [4.69, 9.17) is 4.52 Å².